The van der Waals surface area contributed by atoms with E-state index in [1.54, 1.807) is 30.3 Å². The highest BCUT2D eigenvalue weighted by molar-refractivity contribution is 7.98. The van der Waals surface area contributed by atoms with Gasteiger partial charge in [0.15, 0.2) is 0 Å². The van der Waals surface area contributed by atoms with Crippen LogP contribution in [0.2, 0.25) is 5.02 Å². The number of hydrogen-bond acceptors (Lipinski definition) is 3. The molecule has 4 nitrogen and oxygen atoms in total. The first-order chi connectivity index (χ1) is 11.3. The maximum Gasteiger partial charge on any atom is 0.331 e. The Morgan fingerprint density at radius 1 is 1.00 bits per heavy atom. The highest BCUT2D eigenvalue weighted by atomic mass is 35.5. The van der Waals surface area contributed by atoms with E-state index in [1.807, 2.05) is 18.2 Å². The molecule has 0 aliphatic rings. The number of carbonyl (C=O) groups excluding carboxylic acids is 2. The fourth-order valence-corrected chi connectivity index (χ4v) is 2.77. The quantitative estimate of drug-likeness (QED) is 0.772. The van der Waals surface area contributed by atoms with Crippen molar-refractivity contribution in [2.75, 3.05) is 0 Å². The molecule has 0 saturated heterocycles. The van der Waals surface area contributed by atoms with Crippen LogP contribution in [0.5, 0.6) is 0 Å². The van der Waals surface area contributed by atoms with Gasteiger partial charge in [-0.05, 0) is 47.2 Å². The van der Waals surface area contributed by atoms with E-state index >= 15 is 0 Å². The van der Waals surface area contributed by atoms with Crippen LogP contribution in [0, 0.1) is 0 Å². The molecule has 0 fully saturated rings. The number of imide groups is 1. The molecule has 0 unspecified atom stereocenters. The van der Waals surface area contributed by atoms with E-state index in [2.05, 4.69) is 30.8 Å². The lowest BCUT2D eigenvalue weighted by atomic mass is 9.87. The Kier molecular flexibility index (Phi) is 5.91. The van der Waals surface area contributed by atoms with Gasteiger partial charge in [-0.2, -0.15) is 0 Å². The number of urea groups is 1. The van der Waals surface area contributed by atoms with Crippen molar-refractivity contribution in [3.8, 4) is 0 Å². The summed E-state index contributed by atoms with van der Waals surface area (Å²) in [7, 11) is 0. The molecule has 0 spiro atoms. The smallest absolute Gasteiger partial charge is 0.277 e. The van der Waals surface area contributed by atoms with E-state index in [4.69, 9.17) is 11.6 Å². The van der Waals surface area contributed by atoms with Crippen molar-refractivity contribution in [3.05, 3.63) is 64.7 Å². The maximum absolute atomic E-state index is 12.1. The fourth-order valence-electron chi connectivity index (χ4n) is 1.95. The number of halogens is 1. The summed E-state index contributed by atoms with van der Waals surface area (Å²) in [6.07, 6.45) is 0. The molecule has 6 heteroatoms. The normalized spacial score (nSPS) is 11.0. The van der Waals surface area contributed by atoms with Gasteiger partial charge in [-0.3, -0.25) is 14.8 Å². The van der Waals surface area contributed by atoms with Gasteiger partial charge in [0.2, 0.25) is 0 Å². The van der Waals surface area contributed by atoms with Crippen molar-refractivity contribution in [2.24, 2.45) is 0 Å². The highest BCUT2D eigenvalue weighted by Crippen LogP contribution is 2.24. The van der Waals surface area contributed by atoms with Crippen LogP contribution in [0.1, 0.15) is 36.7 Å². The Bertz CT molecular complexity index is 739. The van der Waals surface area contributed by atoms with Gasteiger partial charge in [-0.1, -0.05) is 56.6 Å². The van der Waals surface area contributed by atoms with E-state index in [0.29, 0.717) is 15.5 Å². The molecule has 0 heterocycles. The summed E-state index contributed by atoms with van der Waals surface area (Å²) in [6.45, 7) is 6.30. The third-order valence-electron chi connectivity index (χ3n) is 3.33. The van der Waals surface area contributed by atoms with Crippen molar-refractivity contribution < 1.29 is 9.59 Å². The predicted octanol–water partition coefficient (Wildman–Crippen LogP) is 4.78. The Morgan fingerprint density at radius 3 is 2.21 bits per heavy atom. The molecule has 0 aliphatic heterocycles. The summed E-state index contributed by atoms with van der Waals surface area (Å²) in [5, 5.41) is 2.83. The number of rotatable bonds is 3. The van der Waals surface area contributed by atoms with Gasteiger partial charge in [-0.25, -0.2) is 4.79 Å². The van der Waals surface area contributed by atoms with Gasteiger partial charge in [0.05, 0.1) is 5.02 Å². The lowest BCUT2D eigenvalue weighted by molar-refractivity contribution is 0.0965. The minimum atomic E-state index is -0.593. The average Bonchev–Trinajstić information content (AvgIpc) is 2.53. The zero-order valence-electron chi connectivity index (χ0n) is 13.7. The third-order valence-corrected chi connectivity index (χ3v) is 4.64. The van der Waals surface area contributed by atoms with Crippen LogP contribution >= 0.6 is 23.5 Å². The van der Waals surface area contributed by atoms with Crippen molar-refractivity contribution in [1.29, 1.82) is 0 Å². The molecular weight excluding hydrogens is 344 g/mol. The van der Waals surface area contributed by atoms with Gasteiger partial charge < -0.3 is 0 Å². The van der Waals surface area contributed by atoms with Crippen molar-refractivity contribution in [1.82, 2.24) is 10.0 Å². The van der Waals surface area contributed by atoms with E-state index < -0.39 is 11.9 Å². The second-order valence-electron chi connectivity index (χ2n) is 6.25. The van der Waals surface area contributed by atoms with Gasteiger partial charge >= 0.3 is 6.03 Å². The lowest BCUT2D eigenvalue weighted by Gasteiger charge is -2.19. The first-order valence-electron chi connectivity index (χ1n) is 7.40. The molecule has 2 N–H and O–H groups in total. The van der Waals surface area contributed by atoms with Crippen molar-refractivity contribution >= 4 is 35.5 Å². The minimum Gasteiger partial charge on any atom is -0.277 e. The highest BCUT2D eigenvalue weighted by Gasteiger charge is 2.15. The number of nitrogens with one attached hydrogen (secondary N) is 2. The number of carbonyl (C=O) groups is 2. The van der Waals surface area contributed by atoms with Crippen LogP contribution in [0.25, 0.3) is 0 Å². The summed E-state index contributed by atoms with van der Waals surface area (Å²) < 4.78 is 2.54. The largest absolute Gasteiger partial charge is 0.331 e. The van der Waals surface area contributed by atoms with Crippen molar-refractivity contribution in [2.45, 2.75) is 31.1 Å². The lowest BCUT2D eigenvalue weighted by Crippen LogP contribution is -2.36. The summed E-state index contributed by atoms with van der Waals surface area (Å²) in [6, 6.07) is 13.7. The number of benzene rings is 2. The Labute approximate surface area is 151 Å². The van der Waals surface area contributed by atoms with E-state index in [0.717, 1.165) is 17.5 Å². The standard InChI is InChI=1S/C18H19ClN2O2S/c1-18(2,3)13-10-8-12(9-11-13)16(22)20-17(23)21-24-15-7-5-4-6-14(15)19/h4-11H,1-3H3,(H2,20,21,22,23). The topological polar surface area (TPSA) is 58.2 Å². The van der Waals surface area contributed by atoms with Crippen LogP contribution in [0.4, 0.5) is 4.79 Å². The summed E-state index contributed by atoms with van der Waals surface area (Å²) >= 11 is 7.05. The third kappa shape index (κ3) is 5.01. The Hall–Kier alpha value is -1.98. The van der Waals surface area contributed by atoms with Crippen molar-refractivity contribution in [3.63, 3.8) is 0 Å². The SMILES string of the molecule is CC(C)(C)c1ccc(C(=O)NC(=O)NSc2ccccc2Cl)cc1. The van der Waals surface area contributed by atoms with Gasteiger partial charge in [-0.15, -0.1) is 0 Å². The Morgan fingerprint density at radius 2 is 1.62 bits per heavy atom. The molecule has 2 rings (SSSR count). The second-order valence-corrected chi connectivity index (χ2v) is 7.50. The van der Waals surface area contributed by atoms with Crippen LogP contribution in [-0.4, -0.2) is 11.9 Å². The van der Waals surface area contributed by atoms with Crippen LogP contribution < -0.4 is 10.0 Å². The van der Waals surface area contributed by atoms with Crippen LogP contribution in [-0.2, 0) is 5.41 Å². The van der Waals surface area contributed by atoms with Crippen LogP contribution in [0.3, 0.4) is 0 Å². The summed E-state index contributed by atoms with van der Waals surface area (Å²) in [5.41, 5.74) is 1.57. The molecule has 0 aliphatic carbocycles. The molecular formula is C18H19ClN2O2S. The Balaban J connectivity index is 1.92. The molecule has 0 saturated carbocycles. The molecule has 0 atom stereocenters. The fraction of sp³-hybridized carbons (Fsp3) is 0.222. The number of hydrogen-bond donors (Lipinski definition) is 2. The first-order valence-corrected chi connectivity index (χ1v) is 8.60. The van der Waals surface area contributed by atoms with E-state index in [9.17, 15) is 9.59 Å². The van der Waals surface area contributed by atoms with E-state index in [1.165, 1.54) is 0 Å². The molecule has 0 radical (unpaired) electrons. The molecule has 3 amide bonds. The molecule has 2 aromatic carbocycles. The molecule has 126 valence electrons. The average molecular weight is 363 g/mol. The molecule has 2 aromatic rings. The zero-order valence-corrected chi connectivity index (χ0v) is 15.3. The minimum absolute atomic E-state index is 0.0119. The van der Waals surface area contributed by atoms with Gasteiger partial charge in [0.1, 0.15) is 0 Å². The summed E-state index contributed by atoms with van der Waals surface area (Å²) in [5.74, 6) is -0.451. The number of amides is 3. The zero-order chi connectivity index (χ0) is 17.7. The molecule has 24 heavy (non-hydrogen) atoms. The second kappa shape index (κ2) is 7.73. The monoisotopic (exact) mass is 362 g/mol. The van der Waals surface area contributed by atoms with Crippen LogP contribution in [0.15, 0.2) is 53.4 Å². The van der Waals surface area contributed by atoms with E-state index in [-0.39, 0.29) is 5.41 Å². The summed E-state index contributed by atoms with van der Waals surface area (Å²) in [4.78, 5) is 24.6. The van der Waals surface area contributed by atoms with Gasteiger partial charge in [0.25, 0.3) is 5.91 Å². The first kappa shape index (κ1) is 18.4. The molecule has 0 aromatic heterocycles. The molecule has 0 bridgehead atoms. The maximum atomic E-state index is 12.1. The predicted molar refractivity (Wildman–Crippen MR) is 98.4 cm³/mol. The van der Waals surface area contributed by atoms with Gasteiger partial charge in [0, 0.05) is 10.5 Å².